The normalized spacial score (nSPS) is 16.6. The number of carbonyl (C=O) groups excluding carboxylic acids is 2. The van der Waals surface area contributed by atoms with Gasteiger partial charge in [0.2, 0.25) is 5.91 Å². The fraction of sp³-hybridized carbons (Fsp3) is 0.375. The molecule has 0 atom stereocenters. The Bertz CT molecular complexity index is 590. The number of anilines is 1. The van der Waals surface area contributed by atoms with Gasteiger partial charge in [-0.05, 0) is 43.4 Å². The van der Waals surface area contributed by atoms with E-state index in [-0.39, 0.29) is 11.8 Å². The van der Waals surface area contributed by atoms with Crippen LogP contribution in [0.3, 0.4) is 0 Å². The highest BCUT2D eigenvalue weighted by molar-refractivity contribution is 6.02. The second kappa shape index (κ2) is 5.49. The van der Waals surface area contributed by atoms with Gasteiger partial charge in [-0.2, -0.15) is 0 Å². The molecule has 0 saturated heterocycles. The minimum Gasteiger partial charge on any atom is -0.352 e. The van der Waals surface area contributed by atoms with Crippen LogP contribution in [0.5, 0.6) is 0 Å². The zero-order valence-electron chi connectivity index (χ0n) is 11.4. The molecular formula is C16H18N2O2. The predicted molar refractivity (Wildman–Crippen MR) is 77.7 cm³/mol. The van der Waals surface area contributed by atoms with Crippen LogP contribution in [0, 0.1) is 0 Å². The average molecular weight is 270 g/mol. The van der Waals surface area contributed by atoms with Gasteiger partial charge in [0.15, 0.2) is 0 Å². The maximum Gasteiger partial charge on any atom is 0.251 e. The first-order chi connectivity index (χ1) is 9.72. The molecule has 2 N–H and O–H groups in total. The van der Waals surface area contributed by atoms with E-state index in [2.05, 4.69) is 16.7 Å². The Morgan fingerprint density at radius 2 is 2.25 bits per heavy atom. The summed E-state index contributed by atoms with van der Waals surface area (Å²) in [6.45, 7) is 0.675. The number of rotatable bonds is 4. The Balaban J connectivity index is 1.57. The molecule has 0 aromatic heterocycles. The first kappa shape index (κ1) is 12.9. The summed E-state index contributed by atoms with van der Waals surface area (Å²) in [4.78, 5) is 23.3. The van der Waals surface area contributed by atoms with E-state index in [0.717, 1.165) is 17.7 Å². The van der Waals surface area contributed by atoms with E-state index < -0.39 is 0 Å². The van der Waals surface area contributed by atoms with Crippen LogP contribution in [-0.4, -0.2) is 18.4 Å². The molecule has 0 bridgehead atoms. The summed E-state index contributed by atoms with van der Waals surface area (Å²) < 4.78 is 0. The van der Waals surface area contributed by atoms with E-state index in [9.17, 15) is 9.59 Å². The van der Waals surface area contributed by atoms with Crippen molar-refractivity contribution in [2.24, 2.45) is 0 Å². The third-order valence-electron chi connectivity index (χ3n) is 3.86. The molecule has 4 heteroatoms. The Labute approximate surface area is 118 Å². The van der Waals surface area contributed by atoms with E-state index in [1.54, 1.807) is 12.1 Å². The highest BCUT2D eigenvalue weighted by atomic mass is 16.2. The highest BCUT2D eigenvalue weighted by Crippen LogP contribution is 2.24. The van der Waals surface area contributed by atoms with Crippen LogP contribution in [0.1, 0.15) is 41.6 Å². The quantitative estimate of drug-likeness (QED) is 0.825. The zero-order chi connectivity index (χ0) is 13.9. The molecule has 1 aromatic rings. The van der Waals surface area contributed by atoms with Crippen molar-refractivity contribution in [1.82, 2.24) is 5.32 Å². The lowest BCUT2D eigenvalue weighted by Crippen LogP contribution is -2.24. The van der Waals surface area contributed by atoms with Crippen LogP contribution in [0.4, 0.5) is 5.69 Å². The predicted octanol–water partition coefficient (Wildman–Crippen LogP) is 2.41. The van der Waals surface area contributed by atoms with Gasteiger partial charge in [-0.3, -0.25) is 9.59 Å². The minimum absolute atomic E-state index is 0.00858. The third kappa shape index (κ3) is 2.74. The number of carbonyl (C=O) groups is 2. The second-order valence-electron chi connectivity index (χ2n) is 5.36. The number of hydrogen-bond acceptors (Lipinski definition) is 2. The zero-order valence-corrected chi connectivity index (χ0v) is 11.4. The van der Waals surface area contributed by atoms with Crippen molar-refractivity contribution >= 4 is 17.5 Å². The summed E-state index contributed by atoms with van der Waals surface area (Å²) in [5.41, 5.74) is 3.78. The van der Waals surface area contributed by atoms with Crippen molar-refractivity contribution in [2.45, 2.75) is 32.1 Å². The Morgan fingerprint density at radius 3 is 3.05 bits per heavy atom. The number of amides is 2. The van der Waals surface area contributed by atoms with Gasteiger partial charge in [-0.1, -0.05) is 17.7 Å². The number of hydrogen-bond donors (Lipinski definition) is 2. The lowest BCUT2D eigenvalue weighted by Gasteiger charge is -2.07. The number of fused-ring (bicyclic) bond motifs is 1. The number of allylic oxidation sites excluding steroid dienone is 1. The molecule has 0 saturated carbocycles. The molecule has 104 valence electrons. The third-order valence-corrected chi connectivity index (χ3v) is 3.86. The number of benzene rings is 1. The Morgan fingerprint density at radius 1 is 1.35 bits per heavy atom. The van der Waals surface area contributed by atoms with Crippen molar-refractivity contribution in [2.75, 3.05) is 11.9 Å². The molecule has 1 aliphatic carbocycles. The molecule has 1 aromatic carbocycles. The fourth-order valence-corrected chi connectivity index (χ4v) is 2.76. The molecule has 1 heterocycles. The van der Waals surface area contributed by atoms with Gasteiger partial charge in [0.1, 0.15) is 0 Å². The molecule has 0 fully saturated rings. The van der Waals surface area contributed by atoms with Crippen molar-refractivity contribution in [3.8, 4) is 0 Å². The maximum absolute atomic E-state index is 12.1. The first-order valence-electron chi connectivity index (χ1n) is 7.11. The largest absolute Gasteiger partial charge is 0.352 e. The van der Waals surface area contributed by atoms with Crippen LogP contribution in [0.15, 0.2) is 29.8 Å². The minimum atomic E-state index is -0.0763. The molecule has 1 aliphatic heterocycles. The van der Waals surface area contributed by atoms with Crippen LogP contribution in [0.25, 0.3) is 0 Å². The van der Waals surface area contributed by atoms with Gasteiger partial charge >= 0.3 is 0 Å². The number of nitrogens with one attached hydrogen (secondary N) is 2. The molecule has 2 amide bonds. The van der Waals surface area contributed by atoms with E-state index in [4.69, 9.17) is 0 Å². The van der Waals surface area contributed by atoms with Crippen LogP contribution >= 0.6 is 0 Å². The first-order valence-corrected chi connectivity index (χ1v) is 7.11. The Hall–Kier alpha value is -2.10. The van der Waals surface area contributed by atoms with Gasteiger partial charge < -0.3 is 10.6 Å². The summed E-state index contributed by atoms with van der Waals surface area (Å²) in [5, 5.41) is 5.70. The topological polar surface area (TPSA) is 58.2 Å². The monoisotopic (exact) mass is 270 g/mol. The Kier molecular flexibility index (Phi) is 3.54. The fourth-order valence-electron chi connectivity index (χ4n) is 2.76. The molecule has 0 radical (unpaired) electrons. The van der Waals surface area contributed by atoms with E-state index in [0.29, 0.717) is 18.5 Å². The van der Waals surface area contributed by atoms with Crippen LogP contribution in [0.2, 0.25) is 0 Å². The molecular weight excluding hydrogens is 252 g/mol. The van der Waals surface area contributed by atoms with Crippen molar-refractivity contribution < 1.29 is 9.59 Å². The highest BCUT2D eigenvalue weighted by Gasteiger charge is 2.18. The van der Waals surface area contributed by atoms with Gasteiger partial charge in [0.05, 0.1) is 6.42 Å². The summed E-state index contributed by atoms with van der Waals surface area (Å²) in [6, 6.07) is 5.38. The SMILES string of the molecule is O=C1Cc2ccc(C(=O)NCCC3=CCCC3)cc2N1. The van der Waals surface area contributed by atoms with E-state index in [1.165, 1.54) is 24.8 Å². The van der Waals surface area contributed by atoms with Crippen molar-refractivity contribution in [3.05, 3.63) is 41.0 Å². The molecule has 0 spiro atoms. The summed E-state index contributed by atoms with van der Waals surface area (Å²) in [6.07, 6.45) is 7.21. The van der Waals surface area contributed by atoms with E-state index in [1.807, 2.05) is 6.07 Å². The summed E-state index contributed by atoms with van der Waals surface area (Å²) in [7, 11) is 0. The summed E-state index contributed by atoms with van der Waals surface area (Å²) >= 11 is 0. The average Bonchev–Trinajstić information content (AvgIpc) is 3.05. The molecule has 2 aliphatic rings. The second-order valence-corrected chi connectivity index (χ2v) is 5.36. The van der Waals surface area contributed by atoms with Crippen LogP contribution < -0.4 is 10.6 Å². The van der Waals surface area contributed by atoms with Crippen molar-refractivity contribution in [1.29, 1.82) is 0 Å². The van der Waals surface area contributed by atoms with Crippen LogP contribution in [-0.2, 0) is 11.2 Å². The molecule has 0 unspecified atom stereocenters. The molecule has 4 nitrogen and oxygen atoms in total. The lowest BCUT2D eigenvalue weighted by atomic mass is 10.1. The van der Waals surface area contributed by atoms with Crippen molar-refractivity contribution in [3.63, 3.8) is 0 Å². The van der Waals surface area contributed by atoms with Gasteiger partial charge in [-0.15, -0.1) is 0 Å². The standard InChI is InChI=1S/C16H18N2O2/c19-15-10-12-5-6-13(9-14(12)18-15)16(20)17-8-7-11-3-1-2-4-11/h3,5-6,9H,1-2,4,7-8,10H2,(H,17,20)(H,18,19). The van der Waals surface area contributed by atoms with E-state index >= 15 is 0 Å². The van der Waals surface area contributed by atoms with Gasteiger partial charge in [-0.25, -0.2) is 0 Å². The lowest BCUT2D eigenvalue weighted by molar-refractivity contribution is -0.115. The molecule has 20 heavy (non-hydrogen) atoms. The molecule has 3 rings (SSSR count). The smallest absolute Gasteiger partial charge is 0.251 e. The summed E-state index contributed by atoms with van der Waals surface area (Å²) in [5.74, 6) is -0.0849. The maximum atomic E-state index is 12.1. The van der Waals surface area contributed by atoms with Gasteiger partial charge in [0, 0.05) is 17.8 Å². The van der Waals surface area contributed by atoms with Gasteiger partial charge in [0.25, 0.3) is 5.91 Å².